The number of halogens is 1. The lowest BCUT2D eigenvalue weighted by Crippen LogP contribution is -2.30. The number of aliphatic hydroxyl groups excluding tert-OH is 1. The summed E-state index contributed by atoms with van der Waals surface area (Å²) in [5, 5.41) is 21.7. The summed E-state index contributed by atoms with van der Waals surface area (Å²) < 4.78 is 11.5. The van der Waals surface area contributed by atoms with Gasteiger partial charge in [0, 0.05) is 5.56 Å². The van der Waals surface area contributed by atoms with E-state index in [4.69, 9.17) is 21.1 Å². The maximum Gasteiger partial charge on any atom is 0.295 e. The Hall–Kier alpha value is -3.97. The average molecular weight is 536 g/mol. The zero-order chi connectivity index (χ0) is 27.8. The van der Waals surface area contributed by atoms with Crippen molar-refractivity contribution in [3.8, 4) is 17.2 Å². The molecule has 3 aromatic rings. The first-order chi connectivity index (χ1) is 17.9. The minimum Gasteiger partial charge on any atom is -0.508 e. The molecule has 198 valence electrons. The van der Waals surface area contributed by atoms with Gasteiger partial charge in [0.05, 0.1) is 35.9 Å². The van der Waals surface area contributed by atoms with Crippen molar-refractivity contribution in [3.05, 3.63) is 93.5 Å². The third-order valence-corrected chi connectivity index (χ3v) is 6.41. The van der Waals surface area contributed by atoms with Crippen molar-refractivity contribution < 1.29 is 29.3 Å². The zero-order valence-corrected chi connectivity index (χ0v) is 22.7. The Morgan fingerprint density at radius 2 is 1.71 bits per heavy atom. The number of aromatic hydroxyl groups is 1. The number of ketones is 1. The highest BCUT2D eigenvalue weighted by molar-refractivity contribution is 6.46. The number of para-hydroxylation sites is 1. The molecular formula is C30H30ClNO6. The van der Waals surface area contributed by atoms with Crippen LogP contribution in [0.15, 0.2) is 66.2 Å². The van der Waals surface area contributed by atoms with Gasteiger partial charge in [0.25, 0.3) is 11.7 Å². The van der Waals surface area contributed by atoms with E-state index in [1.165, 1.54) is 24.1 Å². The molecule has 3 aromatic carbocycles. The summed E-state index contributed by atoms with van der Waals surface area (Å²) >= 11 is 6.36. The van der Waals surface area contributed by atoms with Gasteiger partial charge in [-0.3, -0.25) is 9.59 Å². The summed E-state index contributed by atoms with van der Waals surface area (Å²) in [7, 11) is 1.41. The second-order valence-corrected chi connectivity index (χ2v) is 10.6. The number of benzene rings is 3. The molecule has 1 fully saturated rings. The maximum atomic E-state index is 13.5. The number of rotatable bonds is 6. The van der Waals surface area contributed by atoms with Crippen molar-refractivity contribution in [1.29, 1.82) is 0 Å². The van der Waals surface area contributed by atoms with E-state index in [2.05, 4.69) is 0 Å². The van der Waals surface area contributed by atoms with Gasteiger partial charge in [-0.15, -0.1) is 0 Å². The van der Waals surface area contributed by atoms with Crippen molar-refractivity contribution in [3.63, 3.8) is 0 Å². The molecule has 7 nitrogen and oxygen atoms in total. The predicted octanol–water partition coefficient (Wildman–Crippen LogP) is 6.16. The Kier molecular flexibility index (Phi) is 7.42. The summed E-state index contributed by atoms with van der Waals surface area (Å²) in [5.74, 6) is -1.21. The Bertz CT molecular complexity index is 1420. The Balaban J connectivity index is 1.90. The lowest BCUT2D eigenvalue weighted by Gasteiger charge is -2.28. The smallest absolute Gasteiger partial charge is 0.295 e. The molecule has 0 aliphatic carbocycles. The monoisotopic (exact) mass is 535 g/mol. The van der Waals surface area contributed by atoms with Gasteiger partial charge in [-0.2, -0.15) is 0 Å². The van der Waals surface area contributed by atoms with Crippen LogP contribution >= 0.6 is 11.6 Å². The molecule has 38 heavy (non-hydrogen) atoms. The molecule has 0 saturated carbocycles. The van der Waals surface area contributed by atoms with Gasteiger partial charge in [-0.1, -0.05) is 41.9 Å². The first kappa shape index (κ1) is 27.1. The quantitative estimate of drug-likeness (QED) is 0.223. The number of aryl methyl sites for hydroxylation is 1. The van der Waals surface area contributed by atoms with Crippen molar-refractivity contribution in [1.82, 2.24) is 4.90 Å². The van der Waals surface area contributed by atoms with Crippen molar-refractivity contribution >= 4 is 29.1 Å². The van der Waals surface area contributed by atoms with Crippen LogP contribution in [0.5, 0.6) is 17.2 Å². The van der Waals surface area contributed by atoms with Gasteiger partial charge in [0.2, 0.25) is 0 Å². The number of carbonyl (C=O) groups is 2. The lowest BCUT2D eigenvalue weighted by molar-refractivity contribution is -0.140. The lowest BCUT2D eigenvalue weighted by atomic mass is 9.94. The molecular weight excluding hydrogens is 506 g/mol. The molecule has 1 atom stereocenters. The van der Waals surface area contributed by atoms with Crippen LogP contribution < -0.4 is 9.47 Å². The Morgan fingerprint density at radius 1 is 1.05 bits per heavy atom. The van der Waals surface area contributed by atoms with Crippen LogP contribution in [-0.4, -0.2) is 39.5 Å². The second kappa shape index (κ2) is 10.4. The van der Waals surface area contributed by atoms with Crippen molar-refractivity contribution in [2.75, 3.05) is 7.11 Å². The highest BCUT2D eigenvalue weighted by atomic mass is 35.5. The SMILES string of the molecule is COc1c(Cl)cc(C)cc1/C(O)=C1\C(=O)C(=O)N(Cc2ccccc2OC(C)(C)C)C1c1ccc(O)cc1. The van der Waals surface area contributed by atoms with Gasteiger partial charge in [0.1, 0.15) is 28.6 Å². The van der Waals surface area contributed by atoms with Gasteiger partial charge >= 0.3 is 0 Å². The maximum absolute atomic E-state index is 13.5. The van der Waals surface area contributed by atoms with Crippen LogP contribution in [0.3, 0.4) is 0 Å². The molecule has 1 heterocycles. The van der Waals surface area contributed by atoms with Crippen LogP contribution in [-0.2, 0) is 16.1 Å². The van der Waals surface area contributed by atoms with Crippen LogP contribution in [0.25, 0.3) is 5.76 Å². The van der Waals surface area contributed by atoms with Crippen molar-refractivity contribution in [2.45, 2.75) is 45.9 Å². The largest absolute Gasteiger partial charge is 0.508 e. The van der Waals surface area contributed by atoms with E-state index in [1.54, 1.807) is 31.2 Å². The molecule has 8 heteroatoms. The summed E-state index contributed by atoms with van der Waals surface area (Å²) in [6.07, 6.45) is 0. The van der Waals surface area contributed by atoms with Gasteiger partial charge in [-0.25, -0.2) is 0 Å². The molecule has 0 bridgehead atoms. The van der Waals surface area contributed by atoms with E-state index in [0.717, 1.165) is 5.56 Å². The molecule has 0 radical (unpaired) electrons. The molecule has 1 saturated heterocycles. The highest BCUT2D eigenvalue weighted by Gasteiger charge is 2.46. The summed E-state index contributed by atoms with van der Waals surface area (Å²) in [4.78, 5) is 28.4. The fourth-order valence-corrected chi connectivity index (χ4v) is 4.90. The molecule has 0 spiro atoms. The Morgan fingerprint density at radius 3 is 2.34 bits per heavy atom. The van der Waals surface area contributed by atoms with Crippen molar-refractivity contribution in [2.24, 2.45) is 0 Å². The highest BCUT2D eigenvalue weighted by Crippen LogP contribution is 2.44. The third-order valence-electron chi connectivity index (χ3n) is 6.13. The van der Waals surface area contributed by atoms with E-state index in [0.29, 0.717) is 16.9 Å². The third kappa shape index (κ3) is 5.34. The number of hydrogen-bond donors (Lipinski definition) is 2. The number of ether oxygens (including phenoxy) is 2. The molecule has 1 unspecified atom stereocenters. The van der Waals surface area contributed by atoms with Crippen LogP contribution in [0.1, 0.15) is 49.1 Å². The van der Waals surface area contributed by atoms with Gasteiger partial charge in [0.15, 0.2) is 0 Å². The number of phenols is 1. The minimum absolute atomic E-state index is 0.0294. The Labute approximate surface area is 226 Å². The molecule has 1 aliphatic rings. The standard InChI is InChI=1S/C30H30ClNO6/c1-17-14-21(28(37-5)22(31)15-17)26(34)24-25(18-10-12-20(33)13-11-18)32(29(36)27(24)35)16-19-8-6-7-9-23(19)38-30(2,3)4/h6-15,25,33-34H,16H2,1-5H3/b26-24+. The number of nitrogens with zero attached hydrogens (tertiary/aromatic N) is 1. The fourth-order valence-electron chi connectivity index (χ4n) is 4.55. The number of aliphatic hydroxyl groups is 1. The van der Waals surface area contributed by atoms with E-state index in [1.807, 2.05) is 45.0 Å². The number of hydrogen-bond acceptors (Lipinski definition) is 6. The van der Waals surface area contributed by atoms with Gasteiger partial charge < -0.3 is 24.6 Å². The number of Topliss-reactive ketones (excluding diaryl/α,β-unsaturated/α-hetero) is 1. The number of methoxy groups -OCH3 is 1. The van der Waals surface area contributed by atoms with E-state index in [9.17, 15) is 19.8 Å². The fraction of sp³-hybridized carbons (Fsp3) is 0.267. The summed E-state index contributed by atoms with van der Waals surface area (Å²) in [6.45, 7) is 7.61. The minimum atomic E-state index is -0.942. The second-order valence-electron chi connectivity index (χ2n) is 10.2. The molecule has 2 N–H and O–H groups in total. The van der Waals surface area contributed by atoms with Crippen LogP contribution in [0.2, 0.25) is 5.02 Å². The number of carbonyl (C=O) groups excluding carboxylic acids is 2. The summed E-state index contributed by atoms with van der Waals surface area (Å²) in [5.41, 5.74) is 1.59. The average Bonchev–Trinajstić information content (AvgIpc) is 3.09. The number of likely N-dealkylation sites (tertiary alicyclic amines) is 1. The predicted molar refractivity (Wildman–Crippen MR) is 146 cm³/mol. The molecule has 1 aliphatic heterocycles. The molecule has 4 rings (SSSR count). The van der Waals surface area contributed by atoms with E-state index in [-0.39, 0.29) is 34.2 Å². The number of phenolic OH excluding ortho intramolecular Hbond substituents is 1. The number of amides is 1. The normalized spacial score (nSPS) is 17.1. The van der Waals surface area contributed by atoms with Gasteiger partial charge in [-0.05, 0) is 69.2 Å². The van der Waals surface area contributed by atoms with Crippen LogP contribution in [0.4, 0.5) is 0 Å². The zero-order valence-electron chi connectivity index (χ0n) is 21.9. The first-order valence-corrected chi connectivity index (χ1v) is 12.5. The topological polar surface area (TPSA) is 96.3 Å². The van der Waals surface area contributed by atoms with E-state index >= 15 is 0 Å². The van der Waals surface area contributed by atoms with E-state index < -0.39 is 29.1 Å². The molecule has 1 amide bonds. The molecule has 0 aromatic heterocycles. The summed E-state index contributed by atoms with van der Waals surface area (Å²) in [6, 6.07) is 15.9. The first-order valence-electron chi connectivity index (χ1n) is 12.1. The van der Waals surface area contributed by atoms with Crippen LogP contribution in [0, 0.1) is 6.92 Å².